The molecular weight excluding hydrogens is 196 g/mol. The van der Waals surface area contributed by atoms with E-state index in [2.05, 4.69) is 0 Å². The summed E-state index contributed by atoms with van der Waals surface area (Å²) in [6, 6.07) is 6.75. The van der Waals surface area contributed by atoms with Crippen molar-refractivity contribution >= 4 is 0 Å². The highest BCUT2D eigenvalue weighted by Crippen LogP contribution is 2.33. The van der Waals surface area contributed by atoms with E-state index in [1.165, 1.54) is 0 Å². The molecule has 1 saturated heterocycles. The highest BCUT2D eigenvalue weighted by Gasteiger charge is 2.34. The van der Waals surface area contributed by atoms with Crippen molar-refractivity contribution in [1.29, 1.82) is 0 Å². The summed E-state index contributed by atoms with van der Waals surface area (Å²) in [5, 5.41) is 27.8. The predicted octanol–water partition coefficient (Wildman–Crippen LogP) is 0.575. The number of hydrogen-bond donors (Lipinski definition) is 3. The Hall–Kier alpha value is -1.10. The molecule has 0 radical (unpaired) electrons. The standard InChI is InChI=1S/C11H14O4/c12-6-11-9(14)5-10(15-11)7-2-1-3-8(13)4-7/h1-4,9-14H,5-6H2/t9-,10+,11+/m0/s1. The molecule has 0 aliphatic carbocycles. The molecule has 0 aromatic heterocycles. The van der Waals surface area contributed by atoms with Crippen LogP contribution in [0.5, 0.6) is 5.75 Å². The SMILES string of the molecule is OC[C@H]1O[C@@H](c2cccc(O)c2)C[C@@H]1O. The van der Waals surface area contributed by atoms with E-state index in [-0.39, 0.29) is 18.5 Å². The summed E-state index contributed by atoms with van der Waals surface area (Å²) in [6.07, 6.45) is -0.946. The van der Waals surface area contributed by atoms with E-state index in [1.54, 1.807) is 18.2 Å². The van der Waals surface area contributed by atoms with Crippen LogP contribution in [0.1, 0.15) is 18.1 Å². The maximum Gasteiger partial charge on any atom is 0.115 e. The monoisotopic (exact) mass is 210 g/mol. The van der Waals surface area contributed by atoms with Crippen molar-refractivity contribution in [1.82, 2.24) is 0 Å². The Morgan fingerprint density at radius 2 is 2.20 bits per heavy atom. The van der Waals surface area contributed by atoms with Crippen LogP contribution in [0.4, 0.5) is 0 Å². The molecule has 3 atom stereocenters. The van der Waals surface area contributed by atoms with Crippen LogP contribution in [0.25, 0.3) is 0 Å². The highest BCUT2D eigenvalue weighted by molar-refractivity contribution is 5.29. The molecule has 1 aromatic carbocycles. The van der Waals surface area contributed by atoms with Gasteiger partial charge in [-0.05, 0) is 17.7 Å². The van der Waals surface area contributed by atoms with E-state index in [0.717, 1.165) is 5.56 Å². The molecule has 4 heteroatoms. The second kappa shape index (κ2) is 4.18. The van der Waals surface area contributed by atoms with Gasteiger partial charge in [0.15, 0.2) is 0 Å². The molecule has 1 aromatic rings. The number of aromatic hydroxyl groups is 1. The van der Waals surface area contributed by atoms with Gasteiger partial charge in [-0.3, -0.25) is 0 Å². The highest BCUT2D eigenvalue weighted by atomic mass is 16.5. The third kappa shape index (κ3) is 2.12. The number of rotatable bonds is 2. The first-order valence-corrected chi connectivity index (χ1v) is 4.94. The lowest BCUT2D eigenvalue weighted by Gasteiger charge is -2.12. The quantitative estimate of drug-likeness (QED) is 0.667. The lowest BCUT2D eigenvalue weighted by molar-refractivity contribution is -0.0225. The van der Waals surface area contributed by atoms with Gasteiger partial charge in [-0.2, -0.15) is 0 Å². The van der Waals surface area contributed by atoms with Crippen molar-refractivity contribution in [3.05, 3.63) is 29.8 Å². The summed E-state index contributed by atoms with van der Waals surface area (Å²) in [5.74, 6) is 0.179. The molecule has 1 aliphatic heterocycles. The number of hydrogen-bond acceptors (Lipinski definition) is 4. The topological polar surface area (TPSA) is 69.9 Å². The molecule has 0 unspecified atom stereocenters. The van der Waals surface area contributed by atoms with E-state index in [9.17, 15) is 10.2 Å². The van der Waals surface area contributed by atoms with Gasteiger partial charge in [0, 0.05) is 6.42 Å². The normalized spacial score (nSPS) is 30.7. The average molecular weight is 210 g/mol. The Kier molecular flexibility index (Phi) is 2.90. The fourth-order valence-corrected chi connectivity index (χ4v) is 1.83. The van der Waals surface area contributed by atoms with Crippen molar-refractivity contribution in [2.75, 3.05) is 6.61 Å². The third-order valence-corrected chi connectivity index (χ3v) is 2.65. The summed E-state index contributed by atoms with van der Waals surface area (Å²) >= 11 is 0. The Balaban J connectivity index is 2.13. The summed E-state index contributed by atoms with van der Waals surface area (Å²) in [6.45, 7) is -0.184. The van der Waals surface area contributed by atoms with E-state index >= 15 is 0 Å². The van der Waals surface area contributed by atoms with E-state index < -0.39 is 12.2 Å². The molecule has 2 rings (SSSR count). The third-order valence-electron chi connectivity index (χ3n) is 2.65. The smallest absolute Gasteiger partial charge is 0.115 e. The molecule has 1 fully saturated rings. The van der Waals surface area contributed by atoms with Gasteiger partial charge < -0.3 is 20.1 Å². The van der Waals surface area contributed by atoms with Crippen molar-refractivity contribution in [2.45, 2.75) is 24.7 Å². The van der Waals surface area contributed by atoms with E-state index in [0.29, 0.717) is 6.42 Å². The number of phenolic OH excluding ortho intramolecular Hbond substituents is 1. The van der Waals surface area contributed by atoms with Gasteiger partial charge >= 0.3 is 0 Å². The maximum atomic E-state index is 9.54. The fraction of sp³-hybridized carbons (Fsp3) is 0.455. The summed E-state index contributed by atoms with van der Waals surface area (Å²) in [4.78, 5) is 0. The largest absolute Gasteiger partial charge is 0.508 e. The zero-order chi connectivity index (χ0) is 10.8. The minimum atomic E-state index is -0.637. The van der Waals surface area contributed by atoms with Crippen LogP contribution in [-0.4, -0.2) is 34.1 Å². The molecule has 0 saturated carbocycles. The summed E-state index contributed by atoms with van der Waals surface area (Å²) in [5.41, 5.74) is 0.824. The van der Waals surface area contributed by atoms with Gasteiger partial charge in [-0.25, -0.2) is 0 Å². The van der Waals surface area contributed by atoms with Crippen LogP contribution in [0.2, 0.25) is 0 Å². The fourth-order valence-electron chi connectivity index (χ4n) is 1.83. The molecule has 0 spiro atoms. The Morgan fingerprint density at radius 3 is 2.80 bits per heavy atom. The molecule has 15 heavy (non-hydrogen) atoms. The van der Waals surface area contributed by atoms with Gasteiger partial charge in [0.25, 0.3) is 0 Å². The van der Waals surface area contributed by atoms with Crippen LogP contribution in [0.15, 0.2) is 24.3 Å². The molecule has 82 valence electrons. The molecule has 1 heterocycles. The van der Waals surface area contributed by atoms with Crippen LogP contribution in [0.3, 0.4) is 0 Å². The first-order valence-electron chi connectivity index (χ1n) is 4.94. The first kappa shape index (κ1) is 10.4. The van der Waals surface area contributed by atoms with Crippen LogP contribution in [0, 0.1) is 0 Å². The number of ether oxygens (including phenoxy) is 1. The maximum absolute atomic E-state index is 9.54. The second-order valence-corrected chi connectivity index (χ2v) is 3.74. The zero-order valence-electron chi connectivity index (χ0n) is 8.21. The van der Waals surface area contributed by atoms with Gasteiger partial charge in [-0.1, -0.05) is 12.1 Å². The zero-order valence-corrected chi connectivity index (χ0v) is 8.21. The summed E-state index contributed by atoms with van der Waals surface area (Å²) in [7, 11) is 0. The van der Waals surface area contributed by atoms with Crippen molar-refractivity contribution < 1.29 is 20.1 Å². The predicted molar refractivity (Wildman–Crippen MR) is 53.4 cm³/mol. The van der Waals surface area contributed by atoms with Gasteiger partial charge in [0.05, 0.1) is 18.8 Å². The minimum absolute atomic E-state index is 0.179. The number of aliphatic hydroxyl groups excluding tert-OH is 2. The molecular formula is C11H14O4. The number of benzene rings is 1. The second-order valence-electron chi connectivity index (χ2n) is 3.74. The molecule has 0 bridgehead atoms. The number of aliphatic hydroxyl groups is 2. The van der Waals surface area contributed by atoms with Crippen molar-refractivity contribution in [3.63, 3.8) is 0 Å². The lowest BCUT2D eigenvalue weighted by Crippen LogP contribution is -2.24. The first-order chi connectivity index (χ1) is 7.20. The van der Waals surface area contributed by atoms with Gasteiger partial charge in [0.1, 0.15) is 11.9 Å². The molecule has 1 aliphatic rings. The number of phenols is 1. The van der Waals surface area contributed by atoms with Crippen molar-refractivity contribution in [3.8, 4) is 5.75 Å². The Morgan fingerprint density at radius 1 is 1.40 bits per heavy atom. The average Bonchev–Trinajstić information content (AvgIpc) is 2.60. The Labute approximate surface area is 87.7 Å². The molecule has 4 nitrogen and oxygen atoms in total. The van der Waals surface area contributed by atoms with E-state index in [1.807, 2.05) is 6.07 Å². The molecule has 0 amide bonds. The van der Waals surface area contributed by atoms with Crippen LogP contribution >= 0.6 is 0 Å². The summed E-state index contributed by atoms with van der Waals surface area (Å²) < 4.78 is 5.45. The lowest BCUT2D eigenvalue weighted by atomic mass is 10.0. The minimum Gasteiger partial charge on any atom is -0.508 e. The Bertz CT molecular complexity index is 339. The van der Waals surface area contributed by atoms with Gasteiger partial charge in [-0.15, -0.1) is 0 Å². The van der Waals surface area contributed by atoms with E-state index in [4.69, 9.17) is 9.84 Å². The van der Waals surface area contributed by atoms with Crippen molar-refractivity contribution in [2.24, 2.45) is 0 Å². The molecule has 3 N–H and O–H groups in total. The van der Waals surface area contributed by atoms with Gasteiger partial charge in [0.2, 0.25) is 0 Å². The van der Waals surface area contributed by atoms with Crippen LogP contribution < -0.4 is 0 Å². The van der Waals surface area contributed by atoms with Crippen LogP contribution in [-0.2, 0) is 4.74 Å².